The standard InChI is InChI=1S/C11H15BrN4O/c1-3-14-10(13)16-11(17)15-9-7(2)5-4-6-8(9)12/h4-6H,3H2,1-2H3,(H4,13,14,15,16,17). The molecule has 92 valence electrons. The first-order valence-corrected chi connectivity index (χ1v) is 5.97. The van der Waals surface area contributed by atoms with Crippen LogP contribution in [0.15, 0.2) is 27.7 Å². The Kier molecular flexibility index (Phi) is 4.96. The molecule has 4 N–H and O–H groups in total. The number of guanidine groups is 1. The van der Waals surface area contributed by atoms with Crippen molar-refractivity contribution in [2.75, 3.05) is 11.9 Å². The molecule has 0 saturated heterocycles. The highest BCUT2D eigenvalue weighted by atomic mass is 79.9. The third-order valence-corrected chi connectivity index (χ3v) is 2.69. The number of aliphatic imine (C=N–C) groups is 1. The van der Waals surface area contributed by atoms with Crippen molar-refractivity contribution in [1.82, 2.24) is 5.32 Å². The minimum Gasteiger partial charge on any atom is -0.370 e. The second kappa shape index (κ2) is 6.24. The summed E-state index contributed by atoms with van der Waals surface area (Å²) in [7, 11) is 0. The number of urea groups is 1. The van der Waals surface area contributed by atoms with Crippen molar-refractivity contribution in [3.8, 4) is 0 Å². The van der Waals surface area contributed by atoms with Crippen molar-refractivity contribution in [1.29, 1.82) is 0 Å². The Labute approximate surface area is 109 Å². The predicted molar refractivity (Wildman–Crippen MR) is 73.2 cm³/mol. The largest absolute Gasteiger partial charge is 0.370 e. The van der Waals surface area contributed by atoms with Crippen molar-refractivity contribution in [2.24, 2.45) is 10.7 Å². The summed E-state index contributed by atoms with van der Waals surface area (Å²) in [6.07, 6.45) is 0. The minimum absolute atomic E-state index is 0.106. The second-order valence-corrected chi connectivity index (χ2v) is 4.22. The first kappa shape index (κ1) is 13.5. The van der Waals surface area contributed by atoms with Crippen LogP contribution in [0, 0.1) is 6.92 Å². The summed E-state index contributed by atoms with van der Waals surface area (Å²) in [5.74, 6) is 0.106. The fourth-order valence-corrected chi connectivity index (χ4v) is 1.83. The Morgan fingerprint density at radius 3 is 2.82 bits per heavy atom. The summed E-state index contributed by atoms with van der Waals surface area (Å²) in [5, 5.41) is 5.15. The molecule has 0 aliphatic rings. The maximum atomic E-state index is 11.6. The van der Waals surface area contributed by atoms with Crippen LogP contribution in [0.25, 0.3) is 0 Å². The molecule has 0 unspecified atom stereocenters. The van der Waals surface area contributed by atoms with Crippen LogP contribution in [-0.2, 0) is 0 Å². The van der Waals surface area contributed by atoms with Crippen LogP contribution in [-0.4, -0.2) is 18.5 Å². The van der Waals surface area contributed by atoms with Gasteiger partial charge in [0.1, 0.15) is 0 Å². The number of carbonyl (C=O) groups excluding carboxylic acids is 1. The fraction of sp³-hybridized carbons (Fsp3) is 0.273. The third-order valence-electron chi connectivity index (χ3n) is 2.03. The lowest BCUT2D eigenvalue weighted by Crippen LogP contribution is -2.39. The van der Waals surface area contributed by atoms with Gasteiger partial charge in [0.2, 0.25) is 0 Å². The van der Waals surface area contributed by atoms with Gasteiger partial charge in [0, 0.05) is 11.0 Å². The number of nitrogens with two attached hydrogens (primary N) is 1. The Balaban J connectivity index is 2.72. The number of halogens is 1. The quantitative estimate of drug-likeness (QED) is 0.578. The second-order valence-electron chi connectivity index (χ2n) is 3.37. The summed E-state index contributed by atoms with van der Waals surface area (Å²) in [6, 6.07) is 5.25. The minimum atomic E-state index is -0.408. The first-order valence-electron chi connectivity index (χ1n) is 5.17. The lowest BCUT2D eigenvalue weighted by molar-refractivity contribution is 0.256. The van der Waals surface area contributed by atoms with E-state index < -0.39 is 6.03 Å². The molecule has 0 spiro atoms. The molecule has 1 aromatic rings. The molecule has 2 amide bonds. The van der Waals surface area contributed by atoms with E-state index in [0.717, 1.165) is 10.0 Å². The Morgan fingerprint density at radius 1 is 1.53 bits per heavy atom. The highest BCUT2D eigenvalue weighted by molar-refractivity contribution is 9.10. The third kappa shape index (κ3) is 4.07. The topological polar surface area (TPSA) is 79.5 Å². The number of anilines is 1. The highest BCUT2D eigenvalue weighted by Crippen LogP contribution is 2.25. The molecule has 0 heterocycles. The number of hydrogen-bond acceptors (Lipinski definition) is 2. The van der Waals surface area contributed by atoms with Gasteiger partial charge in [0.15, 0.2) is 5.96 Å². The van der Waals surface area contributed by atoms with Crippen LogP contribution < -0.4 is 16.4 Å². The Morgan fingerprint density at radius 2 is 2.24 bits per heavy atom. The SMILES string of the molecule is CCN=C(N)NC(=O)Nc1c(C)cccc1Br. The number of para-hydroxylation sites is 1. The smallest absolute Gasteiger partial charge is 0.326 e. The van der Waals surface area contributed by atoms with Crippen molar-refractivity contribution >= 4 is 33.6 Å². The molecule has 0 aliphatic heterocycles. The van der Waals surface area contributed by atoms with Crippen molar-refractivity contribution < 1.29 is 4.79 Å². The summed E-state index contributed by atoms with van der Waals surface area (Å²) >= 11 is 3.37. The number of nitrogens with one attached hydrogen (secondary N) is 2. The predicted octanol–water partition coefficient (Wildman–Crippen LogP) is 2.21. The van der Waals surface area contributed by atoms with Crippen LogP contribution >= 0.6 is 15.9 Å². The molecule has 0 aliphatic carbocycles. The molecule has 6 heteroatoms. The average molecular weight is 299 g/mol. The van der Waals surface area contributed by atoms with Gasteiger partial charge in [-0.3, -0.25) is 10.3 Å². The van der Waals surface area contributed by atoms with Gasteiger partial charge in [0.25, 0.3) is 0 Å². The maximum Gasteiger partial charge on any atom is 0.326 e. The van der Waals surface area contributed by atoms with Crippen molar-refractivity contribution in [3.63, 3.8) is 0 Å². The van der Waals surface area contributed by atoms with E-state index in [1.54, 1.807) is 0 Å². The van der Waals surface area contributed by atoms with Gasteiger partial charge < -0.3 is 11.1 Å². The van der Waals surface area contributed by atoms with E-state index in [-0.39, 0.29) is 5.96 Å². The van der Waals surface area contributed by atoms with E-state index >= 15 is 0 Å². The normalized spacial score (nSPS) is 11.1. The maximum absolute atomic E-state index is 11.6. The lowest BCUT2D eigenvalue weighted by atomic mass is 10.2. The van der Waals surface area contributed by atoms with E-state index in [1.165, 1.54) is 0 Å². The molecular weight excluding hydrogens is 284 g/mol. The van der Waals surface area contributed by atoms with Gasteiger partial charge in [0.05, 0.1) is 5.69 Å². The lowest BCUT2D eigenvalue weighted by Gasteiger charge is -2.11. The summed E-state index contributed by atoms with van der Waals surface area (Å²) in [6.45, 7) is 4.27. The van der Waals surface area contributed by atoms with Gasteiger partial charge >= 0.3 is 6.03 Å². The number of rotatable bonds is 2. The molecule has 0 atom stereocenters. The highest BCUT2D eigenvalue weighted by Gasteiger charge is 2.08. The number of aryl methyl sites for hydroxylation is 1. The van der Waals surface area contributed by atoms with E-state index in [0.29, 0.717) is 12.2 Å². The summed E-state index contributed by atoms with van der Waals surface area (Å²) in [5.41, 5.74) is 7.16. The fourth-order valence-electron chi connectivity index (χ4n) is 1.26. The number of benzene rings is 1. The average Bonchev–Trinajstić information content (AvgIpc) is 2.24. The first-order chi connectivity index (χ1) is 8.04. The molecular formula is C11H15BrN4O. The molecule has 1 aromatic carbocycles. The van der Waals surface area contributed by atoms with Crippen LogP contribution in [0.2, 0.25) is 0 Å². The Bertz CT molecular complexity index is 425. The number of nitrogens with zero attached hydrogens (tertiary/aromatic N) is 1. The van der Waals surface area contributed by atoms with Crippen molar-refractivity contribution in [3.05, 3.63) is 28.2 Å². The van der Waals surface area contributed by atoms with Gasteiger partial charge in [-0.1, -0.05) is 12.1 Å². The van der Waals surface area contributed by atoms with Crippen LogP contribution in [0.1, 0.15) is 12.5 Å². The molecule has 0 aromatic heterocycles. The number of hydrogen-bond donors (Lipinski definition) is 3. The zero-order valence-electron chi connectivity index (χ0n) is 9.75. The molecule has 5 nitrogen and oxygen atoms in total. The van der Waals surface area contributed by atoms with E-state index in [2.05, 4.69) is 31.6 Å². The van der Waals surface area contributed by atoms with Gasteiger partial charge in [-0.2, -0.15) is 0 Å². The van der Waals surface area contributed by atoms with E-state index in [9.17, 15) is 4.79 Å². The van der Waals surface area contributed by atoms with E-state index in [1.807, 2.05) is 32.0 Å². The number of amides is 2. The Hall–Kier alpha value is -1.56. The monoisotopic (exact) mass is 298 g/mol. The van der Waals surface area contributed by atoms with Gasteiger partial charge in [-0.15, -0.1) is 0 Å². The molecule has 1 rings (SSSR count). The summed E-state index contributed by atoms with van der Waals surface area (Å²) < 4.78 is 0.818. The molecule has 0 bridgehead atoms. The summed E-state index contributed by atoms with van der Waals surface area (Å²) in [4.78, 5) is 15.5. The van der Waals surface area contributed by atoms with Crippen LogP contribution in [0.4, 0.5) is 10.5 Å². The zero-order valence-corrected chi connectivity index (χ0v) is 11.3. The molecule has 17 heavy (non-hydrogen) atoms. The van der Waals surface area contributed by atoms with E-state index in [4.69, 9.17) is 5.73 Å². The molecule has 0 fully saturated rings. The molecule has 0 saturated carbocycles. The molecule has 0 radical (unpaired) electrons. The zero-order chi connectivity index (χ0) is 12.8. The van der Waals surface area contributed by atoms with Crippen LogP contribution in [0.5, 0.6) is 0 Å². The van der Waals surface area contributed by atoms with Crippen molar-refractivity contribution in [2.45, 2.75) is 13.8 Å². The van der Waals surface area contributed by atoms with Gasteiger partial charge in [-0.05, 0) is 41.4 Å². The number of carbonyl (C=O) groups is 1. The van der Waals surface area contributed by atoms with Gasteiger partial charge in [-0.25, -0.2) is 4.79 Å². The van der Waals surface area contributed by atoms with Crippen LogP contribution in [0.3, 0.4) is 0 Å².